The van der Waals surface area contributed by atoms with Crippen LogP contribution in [0.5, 0.6) is 5.75 Å². The van der Waals surface area contributed by atoms with E-state index in [1.165, 1.54) is 11.3 Å². The highest BCUT2D eigenvalue weighted by Crippen LogP contribution is 2.31. The molecule has 3 aromatic rings. The molecule has 0 saturated carbocycles. The number of aryl methyl sites for hydroxylation is 1. The molecule has 0 spiro atoms. The Morgan fingerprint density at radius 3 is 2.95 bits per heavy atom. The first kappa shape index (κ1) is 13.3. The van der Waals surface area contributed by atoms with Crippen LogP contribution in [0.4, 0.5) is 10.9 Å². The summed E-state index contributed by atoms with van der Waals surface area (Å²) in [4.78, 5) is 8.71. The van der Waals surface area contributed by atoms with E-state index in [1.54, 1.807) is 13.3 Å². The summed E-state index contributed by atoms with van der Waals surface area (Å²) in [5, 5.41) is 13.0. The molecule has 0 fully saturated rings. The Kier molecular flexibility index (Phi) is 3.42. The number of methoxy groups -OCH3 is 1. The molecule has 3 rings (SSSR count). The van der Waals surface area contributed by atoms with Crippen molar-refractivity contribution < 1.29 is 4.74 Å². The lowest BCUT2D eigenvalue weighted by molar-refractivity contribution is 0.415. The average Bonchev–Trinajstić information content (AvgIpc) is 2.88. The minimum absolute atomic E-state index is 0.531. The van der Waals surface area contributed by atoms with E-state index >= 15 is 0 Å². The predicted octanol–water partition coefficient (Wildman–Crippen LogP) is 3.62. The zero-order valence-corrected chi connectivity index (χ0v) is 12.4. The van der Waals surface area contributed by atoms with Crippen LogP contribution in [0.15, 0.2) is 30.5 Å². The van der Waals surface area contributed by atoms with E-state index in [1.807, 2.05) is 31.2 Å². The quantitative estimate of drug-likeness (QED) is 0.799. The first-order valence-electron chi connectivity index (χ1n) is 6.28. The number of hydrogen-bond donors (Lipinski definition) is 1. The minimum atomic E-state index is 0.531. The van der Waals surface area contributed by atoms with Crippen molar-refractivity contribution in [2.75, 3.05) is 12.4 Å². The fourth-order valence-electron chi connectivity index (χ4n) is 1.98. The molecule has 0 amide bonds. The molecule has 0 saturated heterocycles. The third kappa shape index (κ3) is 2.51. The van der Waals surface area contributed by atoms with E-state index in [0.29, 0.717) is 16.5 Å². The topological polar surface area (TPSA) is 70.8 Å². The summed E-state index contributed by atoms with van der Waals surface area (Å²) in [5.41, 5.74) is 2.31. The third-order valence-corrected chi connectivity index (χ3v) is 4.03. The highest BCUT2D eigenvalue weighted by Gasteiger charge is 2.10. The first-order chi connectivity index (χ1) is 10.2. The Hall–Kier alpha value is -2.65. The van der Waals surface area contributed by atoms with Crippen LogP contribution in [0.1, 0.15) is 11.1 Å². The molecule has 0 unspecified atom stereocenters. The van der Waals surface area contributed by atoms with Crippen molar-refractivity contribution in [3.8, 4) is 11.8 Å². The van der Waals surface area contributed by atoms with Gasteiger partial charge in [-0.2, -0.15) is 5.26 Å². The van der Waals surface area contributed by atoms with Crippen molar-refractivity contribution in [3.63, 3.8) is 0 Å². The van der Waals surface area contributed by atoms with Gasteiger partial charge in [0.2, 0.25) is 0 Å². The van der Waals surface area contributed by atoms with Gasteiger partial charge in [-0.3, -0.25) is 0 Å². The van der Waals surface area contributed by atoms with Crippen molar-refractivity contribution in [2.24, 2.45) is 0 Å². The SMILES string of the molecule is COc1ccc2nc(Nc3nccc(C)c3C#N)sc2c1. The molecule has 0 radical (unpaired) electrons. The molecule has 0 aliphatic carbocycles. The second kappa shape index (κ2) is 5.38. The summed E-state index contributed by atoms with van der Waals surface area (Å²) in [5.74, 6) is 1.33. The first-order valence-corrected chi connectivity index (χ1v) is 7.10. The number of pyridine rings is 1. The maximum Gasteiger partial charge on any atom is 0.189 e. The molecular formula is C15H12N4OS. The molecule has 5 nitrogen and oxygen atoms in total. The van der Waals surface area contributed by atoms with Gasteiger partial charge >= 0.3 is 0 Å². The lowest BCUT2D eigenvalue weighted by Crippen LogP contribution is -1.97. The molecule has 21 heavy (non-hydrogen) atoms. The predicted molar refractivity (Wildman–Crippen MR) is 83.1 cm³/mol. The van der Waals surface area contributed by atoms with Crippen LogP contribution in [-0.4, -0.2) is 17.1 Å². The van der Waals surface area contributed by atoms with Gasteiger partial charge in [0, 0.05) is 6.20 Å². The second-order valence-corrected chi connectivity index (χ2v) is 5.47. The van der Waals surface area contributed by atoms with Crippen LogP contribution in [0.2, 0.25) is 0 Å². The van der Waals surface area contributed by atoms with Crippen molar-refractivity contribution in [1.82, 2.24) is 9.97 Å². The average molecular weight is 296 g/mol. The third-order valence-electron chi connectivity index (χ3n) is 3.09. The summed E-state index contributed by atoms with van der Waals surface area (Å²) in [6, 6.07) is 9.70. The molecule has 6 heteroatoms. The van der Waals surface area contributed by atoms with Gasteiger partial charge in [0.15, 0.2) is 5.13 Å². The Bertz CT molecular complexity index is 850. The van der Waals surface area contributed by atoms with E-state index in [9.17, 15) is 5.26 Å². The molecule has 1 N–H and O–H groups in total. The number of aromatic nitrogens is 2. The summed E-state index contributed by atoms with van der Waals surface area (Å²) in [6.45, 7) is 1.88. The molecule has 2 aromatic heterocycles. The molecule has 0 bridgehead atoms. The smallest absolute Gasteiger partial charge is 0.189 e. The number of rotatable bonds is 3. The fourth-order valence-corrected chi connectivity index (χ4v) is 2.87. The highest BCUT2D eigenvalue weighted by atomic mass is 32.1. The molecule has 0 aliphatic heterocycles. The van der Waals surface area contributed by atoms with Gasteiger partial charge in [0.25, 0.3) is 0 Å². The molecule has 2 heterocycles. The van der Waals surface area contributed by atoms with Gasteiger partial charge in [-0.25, -0.2) is 9.97 Å². The standard InChI is InChI=1S/C15H12N4OS/c1-9-5-6-17-14(11(9)8-16)19-15-18-12-4-3-10(20-2)7-13(12)21-15/h3-7H,1-2H3,(H,17,18,19). The van der Waals surface area contributed by atoms with Crippen molar-refractivity contribution in [1.29, 1.82) is 5.26 Å². The normalized spacial score (nSPS) is 10.3. The van der Waals surface area contributed by atoms with Crippen molar-refractivity contribution in [3.05, 3.63) is 41.6 Å². The Morgan fingerprint density at radius 1 is 1.33 bits per heavy atom. The molecule has 0 atom stereocenters. The summed E-state index contributed by atoms with van der Waals surface area (Å²) in [6.07, 6.45) is 1.68. The van der Waals surface area contributed by atoms with Crippen LogP contribution in [-0.2, 0) is 0 Å². The molecule has 104 valence electrons. The van der Waals surface area contributed by atoms with Gasteiger partial charge in [0.05, 0.1) is 22.9 Å². The van der Waals surface area contributed by atoms with Gasteiger partial charge in [0.1, 0.15) is 17.6 Å². The Morgan fingerprint density at radius 2 is 2.19 bits per heavy atom. The number of benzene rings is 1. The summed E-state index contributed by atoms with van der Waals surface area (Å²) < 4.78 is 6.22. The van der Waals surface area contributed by atoms with E-state index in [-0.39, 0.29) is 0 Å². The van der Waals surface area contributed by atoms with Gasteiger partial charge < -0.3 is 10.1 Å². The number of ether oxygens (including phenoxy) is 1. The minimum Gasteiger partial charge on any atom is -0.497 e. The van der Waals surface area contributed by atoms with Gasteiger partial charge in [-0.1, -0.05) is 11.3 Å². The number of nitriles is 1. The number of thiazole rings is 1. The zero-order valence-electron chi connectivity index (χ0n) is 11.5. The summed E-state index contributed by atoms with van der Waals surface area (Å²) >= 11 is 1.50. The lowest BCUT2D eigenvalue weighted by Gasteiger charge is -2.05. The van der Waals surface area contributed by atoms with Crippen LogP contribution < -0.4 is 10.1 Å². The monoisotopic (exact) mass is 296 g/mol. The van der Waals surface area contributed by atoms with Crippen molar-refractivity contribution in [2.45, 2.75) is 6.92 Å². The molecular weight excluding hydrogens is 284 g/mol. The Labute approximate surface area is 125 Å². The van der Waals surface area contributed by atoms with E-state index in [4.69, 9.17) is 4.74 Å². The second-order valence-electron chi connectivity index (χ2n) is 4.44. The van der Waals surface area contributed by atoms with Gasteiger partial charge in [-0.05, 0) is 36.8 Å². The largest absolute Gasteiger partial charge is 0.497 e. The van der Waals surface area contributed by atoms with Gasteiger partial charge in [-0.15, -0.1) is 0 Å². The number of nitrogens with zero attached hydrogens (tertiary/aromatic N) is 3. The Balaban J connectivity index is 1.99. The summed E-state index contributed by atoms with van der Waals surface area (Å²) in [7, 11) is 1.64. The zero-order chi connectivity index (χ0) is 14.8. The number of nitrogens with one attached hydrogen (secondary N) is 1. The van der Waals surface area contributed by atoms with E-state index in [0.717, 1.165) is 21.5 Å². The van der Waals surface area contributed by atoms with Crippen LogP contribution in [0.25, 0.3) is 10.2 Å². The number of hydrogen-bond acceptors (Lipinski definition) is 6. The maximum absolute atomic E-state index is 9.22. The maximum atomic E-state index is 9.22. The van der Waals surface area contributed by atoms with E-state index in [2.05, 4.69) is 21.4 Å². The fraction of sp³-hybridized carbons (Fsp3) is 0.133. The van der Waals surface area contributed by atoms with Crippen molar-refractivity contribution >= 4 is 32.5 Å². The number of anilines is 2. The lowest BCUT2D eigenvalue weighted by atomic mass is 10.1. The van der Waals surface area contributed by atoms with Crippen LogP contribution >= 0.6 is 11.3 Å². The number of fused-ring (bicyclic) bond motifs is 1. The van der Waals surface area contributed by atoms with Crippen LogP contribution in [0, 0.1) is 18.3 Å². The highest BCUT2D eigenvalue weighted by molar-refractivity contribution is 7.22. The van der Waals surface area contributed by atoms with Crippen LogP contribution in [0.3, 0.4) is 0 Å². The van der Waals surface area contributed by atoms with E-state index < -0.39 is 0 Å². The molecule has 0 aliphatic rings. The molecule has 1 aromatic carbocycles.